The highest BCUT2D eigenvalue weighted by atomic mass is 19.1. The van der Waals surface area contributed by atoms with E-state index in [0.29, 0.717) is 57.3 Å². The van der Waals surface area contributed by atoms with Crippen LogP contribution in [0.1, 0.15) is 45.8 Å². The van der Waals surface area contributed by atoms with Crippen LogP contribution in [0.15, 0.2) is 35.0 Å². The number of carbonyl (C=O) groups excluding carboxylic acids is 2. The summed E-state index contributed by atoms with van der Waals surface area (Å²) in [5, 5.41) is 5.49. The molecule has 2 aliphatic carbocycles. The van der Waals surface area contributed by atoms with Gasteiger partial charge in [-0.1, -0.05) is 12.1 Å². The van der Waals surface area contributed by atoms with Crippen LogP contribution in [-0.2, 0) is 11.2 Å². The van der Waals surface area contributed by atoms with Gasteiger partial charge in [-0.05, 0) is 36.1 Å². The van der Waals surface area contributed by atoms with Crippen molar-refractivity contribution in [2.75, 3.05) is 12.4 Å². The number of amides is 2. The Morgan fingerprint density at radius 1 is 1.16 bits per heavy atom. The summed E-state index contributed by atoms with van der Waals surface area (Å²) in [6, 6.07) is 5.08. The summed E-state index contributed by atoms with van der Waals surface area (Å²) in [4.78, 5) is 33.1. The van der Waals surface area contributed by atoms with Crippen molar-refractivity contribution in [2.45, 2.75) is 26.2 Å². The maximum Gasteiger partial charge on any atom is 0.253 e. The van der Waals surface area contributed by atoms with E-state index in [1.807, 2.05) is 0 Å². The van der Waals surface area contributed by atoms with Crippen molar-refractivity contribution in [3.63, 3.8) is 0 Å². The smallest absolute Gasteiger partial charge is 0.253 e. The van der Waals surface area contributed by atoms with Crippen LogP contribution in [0.5, 0.6) is 0 Å². The fourth-order valence-electron chi connectivity index (χ4n) is 3.94. The van der Waals surface area contributed by atoms with E-state index < -0.39 is 5.82 Å². The van der Waals surface area contributed by atoms with Gasteiger partial charge >= 0.3 is 0 Å². The molecule has 1 saturated carbocycles. The number of halogens is 1. The van der Waals surface area contributed by atoms with Crippen molar-refractivity contribution in [2.24, 2.45) is 5.92 Å². The average molecular weight is 432 g/mol. The third-order valence-electron chi connectivity index (χ3n) is 5.80. The largest absolute Gasteiger partial charge is 0.441 e. The van der Waals surface area contributed by atoms with Crippen LogP contribution in [0.4, 0.5) is 10.2 Å². The molecule has 2 amide bonds. The highest BCUT2D eigenvalue weighted by Gasteiger charge is 2.32. The summed E-state index contributed by atoms with van der Waals surface area (Å²) in [6.07, 6.45) is 6.81. The zero-order valence-electron chi connectivity index (χ0n) is 17.7. The number of hydrogen-bond acceptors (Lipinski definition) is 5. The predicted molar refractivity (Wildman–Crippen MR) is 117 cm³/mol. The van der Waals surface area contributed by atoms with E-state index in [1.165, 1.54) is 12.4 Å². The monoisotopic (exact) mass is 432 g/mol. The molecule has 2 aromatic heterocycles. The summed E-state index contributed by atoms with van der Waals surface area (Å²) in [5.41, 5.74) is 3.12. The lowest BCUT2D eigenvalue weighted by molar-refractivity contribution is -0.117. The Kier molecular flexibility index (Phi) is 4.84. The third kappa shape index (κ3) is 3.47. The normalized spacial score (nSPS) is 14.7. The lowest BCUT2D eigenvalue weighted by atomic mass is 9.99. The molecule has 5 rings (SSSR count). The maximum absolute atomic E-state index is 15.5. The fourth-order valence-corrected chi connectivity index (χ4v) is 3.94. The highest BCUT2D eigenvalue weighted by Crippen LogP contribution is 2.40. The Hall–Kier alpha value is -3.81. The Bertz CT molecular complexity index is 1290. The molecule has 32 heavy (non-hydrogen) atoms. The van der Waals surface area contributed by atoms with E-state index in [2.05, 4.69) is 20.6 Å². The second-order valence-corrected chi connectivity index (χ2v) is 8.01. The molecule has 0 bridgehead atoms. The minimum atomic E-state index is -0.430. The number of fused-ring (bicyclic) bond motifs is 1. The maximum atomic E-state index is 15.5. The molecular formula is C24H21FN4O3. The van der Waals surface area contributed by atoms with Gasteiger partial charge in [0.25, 0.3) is 5.91 Å². The van der Waals surface area contributed by atoms with Crippen LogP contribution < -0.4 is 10.6 Å². The van der Waals surface area contributed by atoms with Crippen LogP contribution in [-0.4, -0.2) is 28.8 Å². The molecule has 1 aromatic carbocycles. The molecule has 0 spiro atoms. The number of rotatable bonds is 5. The average Bonchev–Trinajstić information content (AvgIpc) is 3.41. The molecule has 8 heteroatoms. The van der Waals surface area contributed by atoms with Crippen molar-refractivity contribution >= 4 is 29.3 Å². The summed E-state index contributed by atoms with van der Waals surface area (Å²) in [7, 11) is 1.54. The number of nitrogens with zero attached hydrogens (tertiary/aromatic N) is 2. The molecule has 2 heterocycles. The molecule has 7 nitrogen and oxygen atoms in total. The number of benzene rings is 1. The summed E-state index contributed by atoms with van der Waals surface area (Å²) >= 11 is 0. The number of hydrogen-bond donors (Lipinski definition) is 2. The number of allylic oxidation sites excluding steroid dienone is 1. The highest BCUT2D eigenvalue weighted by molar-refractivity contribution is 6.04. The predicted octanol–water partition coefficient (Wildman–Crippen LogP) is 3.99. The van der Waals surface area contributed by atoms with Gasteiger partial charge in [-0.2, -0.15) is 0 Å². The van der Waals surface area contributed by atoms with Gasteiger partial charge in [0.1, 0.15) is 11.6 Å². The van der Waals surface area contributed by atoms with Gasteiger partial charge in [0.05, 0.1) is 17.3 Å². The van der Waals surface area contributed by atoms with E-state index in [0.717, 1.165) is 12.8 Å². The zero-order valence-corrected chi connectivity index (χ0v) is 17.7. The third-order valence-corrected chi connectivity index (χ3v) is 5.80. The Balaban J connectivity index is 1.56. The van der Waals surface area contributed by atoms with E-state index >= 15 is 4.39 Å². The van der Waals surface area contributed by atoms with E-state index in [4.69, 9.17) is 4.42 Å². The molecular weight excluding hydrogens is 411 g/mol. The summed E-state index contributed by atoms with van der Waals surface area (Å²) < 4.78 is 21.0. The van der Waals surface area contributed by atoms with Crippen molar-refractivity contribution in [1.29, 1.82) is 0 Å². The van der Waals surface area contributed by atoms with E-state index in [1.54, 1.807) is 38.2 Å². The molecule has 2 N–H and O–H groups in total. The van der Waals surface area contributed by atoms with Crippen LogP contribution in [0.3, 0.4) is 0 Å². The number of carbonyl (C=O) groups is 2. The second kappa shape index (κ2) is 7.71. The number of anilines is 1. The molecule has 0 unspecified atom stereocenters. The first-order chi connectivity index (χ1) is 15.5. The SMILES string of the molecule is CNC(=O)c1cnc(NC(=O)C2CC2)c2c1C=C(c1cccc(-c3cnc(C)o3)c1F)C2. The topological polar surface area (TPSA) is 97.1 Å². The van der Waals surface area contributed by atoms with E-state index in [9.17, 15) is 9.59 Å². The van der Waals surface area contributed by atoms with Crippen LogP contribution >= 0.6 is 0 Å². The second-order valence-electron chi connectivity index (χ2n) is 8.01. The number of aromatic nitrogens is 2. The van der Waals surface area contributed by atoms with Crippen LogP contribution in [0, 0.1) is 18.7 Å². The van der Waals surface area contributed by atoms with Gasteiger partial charge in [0.2, 0.25) is 5.91 Å². The minimum Gasteiger partial charge on any atom is -0.441 e. The van der Waals surface area contributed by atoms with Gasteiger partial charge < -0.3 is 15.1 Å². The molecule has 162 valence electrons. The molecule has 0 radical (unpaired) electrons. The van der Waals surface area contributed by atoms with Gasteiger partial charge in [-0.25, -0.2) is 14.4 Å². The lowest BCUT2D eigenvalue weighted by Gasteiger charge is -2.12. The minimum absolute atomic E-state index is 0.0133. The number of aryl methyl sites for hydroxylation is 1. The first-order valence-corrected chi connectivity index (χ1v) is 10.4. The van der Waals surface area contributed by atoms with Crippen molar-refractivity contribution in [1.82, 2.24) is 15.3 Å². The molecule has 0 atom stereocenters. The van der Waals surface area contributed by atoms with Gasteiger partial charge in [-0.3, -0.25) is 9.59 Å². The van der Waals surface area contributed by atoms with Crippen LogP contribution in [0.25, 0.3) is 23.0 Å². The first-order valence-electron chi connectivity index (χ1n) is 10.4. The van der Waals surface area contributed by atoms with Crippen molar-refractivity contribution in [3.05, 3.63) is 64.6 Å². The van der Waals surface area contributed by atoms with Gasteiger partial charge in [0, 0.05) is 43.6 Å². The Morgan fingerprint density at radius 2 is 1.94 bits per heavy atom. The van der Waals surface area contributed by atoms with Gasteiger partial charge in [0.15, 0.2) is 11.7 Å². The number of pyridine rings is 1. The number of oxazole rings is 1. The van der Waals surface area contributed by atoms with Gasteiger partial charge in [-0.15, -0.1) is 0 Å². The lowest BCUT2D eigenvalue weighted by Crippen LogP contribution is -2.21. The fraction of sp³-hybridized carbons (Fsp3) is 0.250. The Labute approximate surface area is 183 Å². The standard InChI is InChI=1S/C24H21FN4O3/c1-12-27-11-20(32-12)16-5-3-4-15(21(16)25)14-8-17-18(9-14)22(29-23(30)13-6-7-13)28-10-19(17)24(31)26-2/h3-5,8,10-11,13H,6-7,9H2,1-2H3,(H,26,31)(H,28,29,30). The Morgan fingerprint density at radius 3 is 2.62 bits per heavy atom. The zero-order chi connectivity index (χ0) is 22.4. The summed E-state index contributed by atoms with van der Waals surface area (Å²) in [6.45, 7) is 1.70. The number of nitrogens with one attached hydrogen (secondary N) is 2. The van der Waals surface area contributed by atoms with E-state index in [-0.39, 0.29) is 17.7 Å². The quantitative estimate of drug-likeness (QED) is 0.636. The molecule has 0 saturated heterocycles. The molecule has 0 aliphatic heterocycles. The van der Waals surface area contributed by atoms with Crippen LogP contribution in [0.2, 0.25) is 0 Å². The van der Waals surface area contributed by atoms with Crippen molar-refractivity contribution < 1.29 is 18.4 Å². The van der Waals surface area contributed by atoms with Crippen molar-refractivity contribution in [3.8, 4) is 11.3 Å². The first kappa shape index (κ1) is 20.1. The molecule has 1 fully saturated rings. The molecule has 3 aromatic rings. The summed E-state index contributed by atoms with van der Waals surface area (Å²) in [5.74, 6) is 0.434. The molecule has 2 aliphatic rings.